The summed E-state index contributed by atoms with van der Waals surface area (Å²) in [6, 6.07) is 16.6. The molecule has 2 unspecified atom stereocenters. The lowest BCUT2D eigenvalue weighted by Gasteiger charge is -2.22. The van der Waals surface area contributed by atoms with Gasteiger partial charge in [-0.25, -0.2) is 8.42 Å². The van der Waals surface area contributed by atoms with Crippen LogP contribution >= 0.6 is 0 Å². The Morgan fingerprint density at radius 2 is 1.69 bits per heavy atom. The number of nitrogens with one attached hydrogen (secondary N) is 2. The molecule has 0 aliphatic carbocycles. The summed E-state index contributed by atoms with van der Waals surface area (Å²) in [5.74, 6) is -0.416. The molecule has 0 aromatic heterocycles. The van der Waals surface area contributed by atoms with E-state index in [-0.39, 0.29) is 10.8 Å². The van der Waals surface area contributed by atoms with Gasteiger partial charge >= 0.3 is 0 Å². The van der Waals surface area contributed by atoms with Gasteiger partial charge in [-0.3, -0.25) is 4.79 Å². The highest BCUT2D eigenvalue weighted by atomic mass is 32.2. The minimum atomic E-state index is -3.90. The fourth-order valence-corrected chi connectivity index (χ4v) is 4.46. The molecule has 2 atom stereocenters. The number of anilines is 1. The van der Waals surface area contributed by atoms with Crippen molar-refractivity contribution in [3.63, 3.8) is 0 Å². The smallest absolute Gasteiger partial charge is 0.241 e. The first kappa shape index (κ1) is 25.4. The summed E-state index contributed by atoms with van der Waals surface area (Å²) >= 11 is 0. The summed E-state index contributed by atoms with van der Waals surface area (Å²) < 4.78 is 28.3. The van der Waals surface area contributed by atoms with Gasteiger partial charge in [0.25, 0.3) is 0 Å². The van der Waals surface area contributed by atoms with Crippen molar-refractivity contribution in [2.45, 2.75) is 50.1 Å². The van der Waals surface area contributed by atoms with Gasteiger partial charge < -0.3 is 10.2 Å². The van der Waals surface area contributed by atoms with Crippen molar-refractivity contribution < 1.29 is 13.2 Å². The van der Waals surface area contributed by atoms with Gasteiger partial charge in [0.1, 0.15) is 12.1 Å². The molecule has 0 saturated carbocycles. The molecular formula is C24H32N4O3S. The van der Waals surface area contributed by atoms with Crippen LogP contribution in [0, 0.1) is 17.2 Å². The Labute approximate surface area is 191 Å². The number of hydrogen-bond donors (Lipinski definition) is 2. The second kappa shape index (κ2) is 11.7. The molecule has 0 radical (unpaired) electrons. The summed E-state index contributed by atoms with van der Waals surface area (Å²) in [5, 5.41) is 12.2. The van der Waals surface area contributed by atoms with Crippen molar-refractivity contribution in [1.82, 2.24) is 10.0 Å². The van der Waals surface area contributed by atoms with E-state index in [0.717, 1.165) is 11.3 Å². The average Bonchev–Trinajstić information content (AvgIpc) is 2.76. The third-order valence-electron chi connectivity index (χ3n) is 5.02. The van der Waals surface area contributed by atoms with E-state index < -0.39 is 28.0 Å². The van der Waals surface area contributed by atoms with Gasteiger partial charge in [0.05, 0.1) is 11.0 Å². The molecule has 1 amide bonds. The minimum absolute atomic E-state index is 0.0782. The molecular weight excluding hydrogens is 424 g/mol. The molecule has 0 spiro atoms. The summed E-state index contributed by atoms with van der Waals surface area (Å²) in [6.45, 7) is 3.83. The Hall–Kier alpha value is -2.89. The Kier molecular flexibility index (Phi) is 9.24. The summed E-state index contributed by atoms with van der Waals surface area (Å²) in [5.41, 5.74) is 1.94. The van der Waals surface area contributed by atoms with E-state index >= 15 is 0 Å². The van der Waals surface area contributed by atoms with E-state index in [0.29, 0.717) is 19.3 Å². The lowest BCUT2D eigenvalue weighted by molar-refractivity contribution is -0.123. The molecule has 0 aliphatic rings. The van der Waals surface area contributed by atoms with Crippen LogP contribution in [0.2, 0.25) is 0 Å². The van der Waals surface area contributed by atoms with E-state index in [1.54, 1.807) is 12.1 Å². The molecule has 2 N–H and O–H groups in total. The first-order chi connectivity index (χ1) is 15.1. The standard InChI is InChI=1S/C24H32N4O3S/c1-18(2)16-23(27-32(30,31)22-14-12-21(13-15-22)28(3)4)24(29)26-20(17-25)11-10-19-8-6-5-7-9-19/h5-9,12-15,18,20,23,27H,10-11,16H2,1-4H3,(H,26,29). The van der Waals surface area contributed by atoms with Crippen molar-refractivity contribution in [2.75, 3.05) is 19.0 Å². The molecule has 0 saturated heterocycles. The van der Waals surface area contributed by atoms with Gasteiger partial charge in [0.15, 0.2) is 0 Å². The van der Waals surface area contributed by atoms with Crippen LogP contribution in [0.3, 0.4) is 0 Å². The number of aryl methyl sites for hydroxylation is 1. The van der Waals surface area contributed by atoms with Crippen molar-refractivity contribution in [1.29, 1.82) is 5.26 Å². The Balaban J connectivity index is 2.10. The fraction of sp³-hybridized carbons (Fsp3) is 0.417. The molecule has 0 fully saturated rings. The van der Waals surface area contributed by atoms with Crippen LogP contribution in [0.15, 0.2) is 59.5 Å². The predicted octanol–water partition coefficient (Wildman–Crippen LogP) is 3.09. The largest absolute Gasteiger partial charge is 0.378 e. The van der Waals surface area contributed by atoms with Crippen LogP contribution in [0.5, 0.6) is 0 Å². The number of carbonyl (C=O) groups excluding carboxylic acids is 1. The van der Waals surface area contributed by atoms with E-state index in [1.165, 1.54) is 12.1 Å². The normalized spacial score (nSPS) is 13.2. The zero-order chi connectivity index (χ0) is 23.7. The van der Waals surface area contributed by atoms with E-state index in [4.69, 9.17) is 0 Å². The molecule has 2 aromatic carbocycles. The molecule has 172 valence electrons. The molecule has 2 rings (SSSR count). The van der Waals surface area contributed by atoms with Crippen molar-refractivity contribution >= 4 is 21.6 Å². The lowest BCUT2D eigenvalue weighted by atomic mass is 10.0. The maximum absolute atomic E-state index is 12.9. The third-order valence-corrected chi connectivity index (χ3v) is 6.51. The second-order valence-electron chi connectivity index (χ2n) is 8.41. The third kappa shape index (κ3) is 7.66. The van der Waals surface area contributed by atoms with Crippen LogP contribution < -0.4 is 14.9 Å². The molecule has 0 bridgehead atoms. The number of carbonyl (C=O) groups is 1. The molecule has 0 aliphatic heterocycles. The highest BCUT2D eigenvalue weighted by molar-refractivity contribution is 7.89. The SMILES string of the molecule is CC(C)CC(NS(=O)(=O)c1ccc(N(C)C)cc1)C(=O)NC(C#N)CCc1ccccc1. The van der Waals surface area contributed by atoms with Crippen LogP contribution in [-0.4, -0.2) is 40.5 Å². The van der Waals surface area contributed by atoms with Crippen molar-refractivity contribution in [2.24, 2.45) is 5.92 Å². The first-order valence-corrected chi connectivity index (χ1v) is 12.1. The number of amides is 1. The van der Waals surface area contributed by atoms with Crippen molar-refractivity contribution in [3.05, 3.63) is 60.2 Å². The van der Waals surface area contributed by atoms with Gasteiger partial charge in [0, 0.05) is 19.8 Å². The van der Waals surface area contributed by atoms with Gasteiger partial charge in [-0.15, -0.1) is 0 Å². The van der Waals surface area contributed by atoms with Crippen LogP contribution in [0.4, 0.5) is 5.69 Å². The topological polar surface area (TPSA) is 102 Å². The maximum atomic E-state index is 12.9. The predicted molar refractivity (Wildman–Crippen MR) is 127 cm³/mol. The second-order valence-corrected chi connectivity index (χ2v) is 10.1. The fourth-order valence-electron chi connectivity index (χ4n) is 3.26. The number of nitrogens with zero attached hydrogens (tertiary/aromatic N) is 2. The van der Waals surface area contributed by atoms with Gasteiger partial charge in [-0.05, 0) is 55.0 Å². The van der Waals surface area contributed by atoms with E-state index in [1.807, 2.05) is 63.2 Å². The molecule has 32 heavy (non-hydrogen) atoms. The van der Waals surface area contributed by atoms with Crippen molar-refractivity contribution in [3.8, 4) is 6.07 Å². The minimum Gasteiger partial charge on any atom is -0.378 e. The Morgan fingerprint density at radius 1 is 1.06 bits per heavy atom. The Morgan fingerprint density at radius 3 is 2.22 bits per heavy atom. The van der Waals surface area contributed by atoms with Crippen LogP contribution in [0.25, 0.3) is 0 Å². The van der Waals surface area contributed by atoms with Gasteiger partial charge in [-0.2, -0.15) is 9.98 Å². The number of nitriles is 1. The first-order valence-electron chi connectivity index (χ1n) is 10.7. The van der Waals surface area contributed by atoms with E-state index in [2.05, 4.69) is 16.1 Å². The van der Waals surface area contributed by atoms with Gasteiger partial charge in [0.2, 0.25) is 15.9 Å². The van der Waals surface area contributed by atoms with Crippen LogP contribution in [0.1, 0.15) is 32.3 Å². The summed E-state index contributed by atoms with van der Waals surface area (Å²) in [7, 11) is -0.164. The Bertz CT molecular complexity index is 1010. The average molecular weight is 457 g/mol. The monoisotopic (exact) mass is 456 g/mol. The summed E-state index contributed by atoms with van der Waals surface area (Å²) in [4.78, 5) is 14.9. The maximum Gasteiger partial charge on any atom is 0.241 e. The zero-order valence-corrected chi connectivity index (χ0v) is 19.9. The van der Waals surface area contributed by atoms with E-state index in [9.17, 15) is 18.5 Å². The highest BCUT2D eigenvalue weighted by Gasteiger charge is 2.28. The highest BCUT2D eigenvalue weighted by Crippen LogP contribution is 2.17. The number of hydrogen-bond acceptors (Lipinski definition) is 5. The molecule has 7 nitrogen and oxygen atoms in total. The molecule has 0 heterocycles. The van der Waals surface area contributed by atoms with Gasteiger partial charge in [-0.1, -0.05) is 44.2 Å². The quantitative estimate of drug-likeness (QED) is 0.541. The molecule has 2 aromatic rings. The zero-order valence-electron chi connectivity index (χ0n) is 19.1. The summed E-state index contributed by atoms with van der Waals surface area (Å²) in [6.07, 6.45) is 1.40. The number of rotatable bonds is 11. The van der Waals surface area contributed by atoms with Crippen LogP contribution in [-0.2, 0) is 21.2 Å². The number of sulfonamides is 1. The number of benzene rings is 2. The lowest BCUT2D eigenvalue weighted by Crippen LogP contribution is -2.49. The molecule has 8 heteroatoms.